The molecule has 0 spiro atoms. The van der Waals surface area contributed by atoms with Gasteiger partial charge < -0.3 is 9.88 Å². The molecule has 2 aromatic carbocycles. The highest BCUT2D eigenvalue weighted by Crippen LogP contribution is 2.16. The number of imidazole rings is 1. The lowest BCUT2D eigenvalue weighted by atomic mass is 10.1. The van der Waals surface area contributed by atoms with Gasteiger partial charge in [-0.25, -0.2) is 4.98 Å². The maximum absolute atomic E-state index is 12.3. The summed E-state index contributed by atoms with van der Waals surface area (Å²) < 4.78 is 2.01. The van der Waals surface area contributed by atoms with Gasteiger partial charge in [-0.3, -0.25) is 4.79 Å². The Morgan fingerprint density at radius 2 is 2.09 bits per heavy atom. The zero-order chi connectivity index (χ0) is 16.4. The Bertz CT molecular complexity index is 870. The Balaban J connectivity index is 1.66. The van der Waals surface area contributed by atoms with Crippen molar-refractivity contribution in [3.8, 4) is 0 Å². The zero-order valence-electron chi connectivity index (χ0n) is 13.1. The molecule has 0 aliphatic heterocycles. The Morgan fingerprint density at radius 3 is 2.87 bits per heavy atom. The molecule has 23 heavy (non-hydrogen) atoms. The summed E-state index contributed by atoms with van der Waals surface area (Å²) in [6.45, 7) is 2.52. The predicted molar refractivity (Wildman–Crippen MR) is 92.9 cm³/mol. The minimum Gasteiger partial charge on any atom is -0.352 e. The number of rotatable bonds is 4. The third-order valence-corrected chi connectivity index (χ3v) is 4.19. The second kappa shape index (κ2) is 6.42. The molecule has 118 valence electrons. The molecule has 3 aromatic rings. The smallest absolute Gasteiger partial charge is 0.251 e. The van der Waals surface area contributed by atoms with Crippen LogP contribution in [0.2, 0.25) is 5.02 Å². The largest absolute Gasteiger partial charge is 0.352 e. The summed E-state index contributed by atoms with van der Waals surface area (Å²) in [5.74, 6) is 0.843. The van der Waals surface area contributed by atoms with Crippen LogP contribution in [0.5, 0.6) is 0 Å². The molecule has 1 heterocycles. The number of halogens is 1. The fraction of sp³-hybridized carbons (Fsp3) is 0.222. The molecule has 0 fully saturated rings. The molecule has 0 aliphatic carbocycles. The van der Waals surface area contributed by atoms with Crippen LogP contribution in [-0.4, -0.2) is 22.0 Å². The van der Waals surface area contributed by atoms with Gasteiger partial charge in [0, 0.05) is 24.2 Å². The van der Waals surface area contributed by atoms with Crippen LogP contribution in [0.25, 0.3) is 11.0 Å². The summed E-state index contributed by atoms with van der Waals surface area (Å²) in [7, 11) is 1.97. The van der Waals surface area contributed by atoms with Crippen molar-refractivity contribution in [2.75, 3.05) is 6.54 Å². The molecule has 1 amide bonds. The fourth-order valence-electron chi connectivity index (χ4n) is 2.58. The second-order valence-electron chi connectivity index (χ2n) is 5.56. The van der Waals surface area contributed by atoms with Gasteiger partial charge in [-0.05, 0) is 49.2 Å². The Hall–Kier alpha value is -2.33. The number of carbonyl (C=O) groups is 1. The molecule has 1 N–H and O–H groups in total. The fourth-order valence-corrected chi connectivity index (χ4v) is 2.79. The van der Waals surface area contributed by atoms with Crippen molar-refractivity contribution in [1.29, 1.82) is 0 Å². The lowest BCUT2D eigenvalue weighted by Crippen LogP contribution is -2.25. The van der Waals surface area contributed by atoms with Gasteiger partial charge in [0.15, 0.2) is 0 Å². The number of amides is 1. The maximum atomic E-state index is 12.3. The van der Waals surface area contributed by atoms with Crippen molar-refractivity contribution in [3.05, 3.63) is 64.4 Å². The molecule has 3 rings (SSSR count). The molecule has 0 atom stereocenters. The number of hydrogen-bond acceptors (Lipinski definition) is 2. The third-order valence-electron chi connectivity index (χ3n) is 3.95. The number of nitrogens with zero attached hydrogens (tertiary/aromatic N) is 2. The quantitative estimate of drug-likeness (QED) is 0.797. The first-order chi connectivity index (χ1) is 11.0. The van der Waals surface area contributed by atoms with Crippen molar-refractivity contribution in [1.82, 2.24) is 14.9 Å². The summed E-state index contributed by atoms with van der Waals surface area (Å²) in [4.78, 5) is 16.7. The lowest BCUT2D eigenvalue weighted by molar-refractivity contribution is 0.0954. The molecule has 5 heteroatoms. The number of fused-ring (bicyclic) bond motifs is 1. The highest BCUT2D eigenvalue weighted by atomic mass is 35.5. The number of aryl methyl sites for hydroxylation is 2. The van der Waals surface area contributed by atoms with Gasteiger partial charge in [0.2, 0.25) is 0 Å². The minimum atomic E-state index is -0.0859. The molecule has 0 bridgehead atoms. The van der Waals surface area contributed by atoms with Gasteiger partial charge in [0.1, 0.15) is 5.82 Å². The molecule has 1 aromatic heterocycles. The molecule has 0 saturated heterocycles. The predicted octanol–water partition coefficient (Wildman–Crippen LogP) is 3.51. The van der Waals surface area contributed by atoms with Crippen molar-refractivity contribution in [2.45, 2.75) is 13.3 Å². The zero-order valence-corrected chi connectivity index (χ0v) is 13.9. The minimum absolute atomic E-state index is 0.0859. The van der Waals surface area contributed by atoms with Crippen molar-refractivity contribution >= 4 is 28.5 Å². The number of nitrogens with one attached hydrogen (secondary N) is 1. The molecule has 4 nitrogen and oxygen atoms in total. The molecular formula is C18H18ClN3O. The lowest BCUT2D eigenvalue weighted by Gasteiger charge is -2.06. The first-order valence-corrected chi connectivity index (χ1v) is 7.88. The van der Waals surface area contributed by atoms with E-state index in [0.29, 0.717) is 17.1 Å². The van der Waals surface area contributed by atoms with E-state index >= 15 is 0 Å². The van der Waals surface area contributed by atoms with E-state index < -0.39 is 0 Å². The van der Waals surface area contributed by atoms with Crippen LogP contribution in [0.4, 0.5) is 0 Å². The molecule has 0 unspecified atom stereocenters. The van der Waals surface area contributed by atoms with E-state index in [9.17, 15) is 4.79 Å². The normalized spacial score (nSPS) is 10.9. The van der Waals surface area contributed by atoms with E-state index in [0.717, 1.165) is 28.8 Å². The van der Waals surface area contributed by atoms with E-state index in [4.69, 9.17) is 11.6 Å². The van der Waals surface area contributed by atoms with E-state index in [1.807, 2.05) is 61.0 Å². The highest BCUT2D eigenvalue weighted by Gasteiger charge is 2.09. The van der Waals surface area contributed by atoms with Gasteiger partial charge in [0.05, 0.1) is 11.0 Å². The molecule has 0 radical (unpaired) electrons. The third kappa shape index (κ3) is 3.37. The summed E-state index contributed by atoms with van der Waals surface area (Å²) in [6, 6.07) is 13.3. The van der Waals surface area contributed by atoms with Crippen molar-refractivity contribution in [3.63, 3.8) is 0 Å². The summed E-state index contributed by atoms with van der Waals surface area (Å²) in [5, 5.41) is 3.65. The Labute approximate surface area is 140 Å². The number of benzene rings is 2. The Morgan fingerprint density at radius 1 is 1.26 bits per heavy atom. The summed E-state index contributed by atoms with van der Waals surface area (Å²) in [6.07, 6.45) is 0.747. The molecule has 0 aliphatic rings. The van der Waals surface area contributed by atoms with Crippen LogP contribution >= 0.6 is 11.6 Å². The Kier molecular flexibility index (Phi) is 4.35. The molecular weight excluding hydrogens is 310 g/mol. The van der Waals surface area contributed by atoms with Crippen molar-refractivity contribution < 1.29 is 4.79 Å². The van der Waals surface area contributed by atoms with E-state index in [2.05, 4.69) is 10.3 Å². The topological polar surface area (TPSA) is 46.9 Å². The summed E-state index contributed by atoms with van der Waals surface area (Å²) >= 11 is 5.96. The van der Waals surface area contributed by atoms with Crippen LogP contribution in [0, 0.1) is 6.92 Å². The van der Waals surface area contributed by atoms with Gasteiger partial charge in [-0.15, -0.1) is 0 Å². The highest BCUT2D eigenvalue weighted by molar-refractivity contribution is 6.30. The standard InChI is InChI=1S/C18H18ClN3O/c1-12-21-16-11-14(6-7-17(16)22(12)2)18(23)20-9-8-13-4-3-5-15(19)10-13/h3-7,10-11H,8-9H2,1-2H3,(H,20,23). The van der Waals surface area contributed by atoms with E-state index in [1.165, 1.54) is 0 Å². The second-order valence-corrected chi connectivity index (χ2v) is 5.99. The maximum Gasteiger partial charge on any atom is 0.251 e. The van der Waals surface area contributed by atoms with E-state index in [-0.39, 0.29) is 5.91 Å². The van der Waals surface area contributed by atoms with Gasteiger partial charge >= 0.3 is 0 Å². The number of hydrogen-bond donors (Lipinski definition) is 1. The average Bonchev–Trinajstić information content (AvgIpc) is 2.81. The monoisotopic (exact) mass is 327 g/mol. The van der Waals surface area contributed by atoms with Crippen LogP contribution in [0.15, 0.2) is 42.5 Å². The molecule has 0 saturated carbocycles. The average molecular weight is 328 g/mol. The number of carbonyl (C=O) groups excluding carboxylic acids is 1. The van der Waals surface area contributed by atoms with Crippen LogP contribution in [0.3, 0.4) is 0 Å². The first-order valence-electron chi connectivity index (χ1n) is 7.50. The van der Waals surface area contributed by atoms with Crippen LogP contribution in [0.1, 0.15) is 21.7 Å². The first kappa shape index (κ1) is 15.6. The van der Waals surface area contributed by atoms with E-state index in [1.54, 1.807) is 0 Å². The van der Waals surface area contributed by atoms with Crippen LogP contribution < -0.4 is 5.32 Å². The van der Waals surface area contributed by atoms with Crippen LogP contribution in [-0.2, 0) is 13.5 Å². The van der Waals surface area contributed by atoms with Gasteiger partial charge in [0.25, 0.3) is 5.91 Å². The van der Waals surface area contributed by atoms with Gasteiger partial charge in [-0.2, -0.15) is 0 Å². The summed E-state index contributed by atoms with van der Waals surface area (Å²) in [5.41, 5.74) is 3.60. The van der Waals surface area contributed by atoms with Gasteiger partial charge in [-0.1, -0.05) is 23.7 Å². The number of aromatic nitrogens is 2. The van der Waals surface area contributed by atoms with Crippen molar-refractivity contribution in [2.24, 2.45) is 7.05 Å². The SMILES string of the molecule is Cc1nc2cc(C(=O)NCCc3cccc(Cl)c3)ccc2n1C.